The van der Waals surface area contributed by atoms with Crippen LogP contribution in [0.3, 0.4) is 0 Å². The predicted octanol–water partition coefficient (Wildman–Crippen LogP) is 2.78. The first kappa shape index (κ1) is 16.0. The van der Waals surface area contributed by atoms with E-state index in [-0.39, 0.29) is 6.61 Å². The Bertz CT molecular complexity index is 335. The van der Waals surface area contributed by atoms with E-state index >= 15 is 0 Å². The largest absolute Gasteiger partial charge is 0.396 e. The van der Waals surface area contributed by atoms with Crippen LogP contribution in [0.5, 0.6) is 0 Å². The SMILES string of the molecule is CCCNCc1ccc(N(CCCO)C(C)C)cc1. The van der Waals surface area contributed by atoms with Crippen molar-refractivity contribution in [3.8, 4) is 0 Å². The third-order valence-corrected chi connectivity index (χ3v) is 3.20. The van der Waals surface area contributed by atoms with Gasteiger partial charge in [-0.25, -0.2) is 0 Å². The van der Waals surface area contributed by atoms with Gasteiger partial charge in [0.25, 0.3) is 0 Å². The Morgan fingerprint density at radius 1 is 1.21 bits per heavy atom. The zero-order chi connectivity index (χ0) is 14.1. The van der Waals surface area contributed by atoms with Crippen molar-refractivity contribution < 1.29 is 5.11 Å². The predicted molar refractivity (Wildman–Crippen MR) is 82.6 cm³/mol. The van der Waals surface area contributed by atoms with Crippen molar-refractivity contribution >= 4 is 5.69 Å². The van der Waals surface area contributed by atoms with Crippen LogP contribution in [0.1, 0.15) is 39.2 Å². The highest BCUT2D eigenvalue weighted by Gasteiger charge is 2.09. The summed E-state index contributed by atoms with van der Waals surface area (Å²) in [6, 6.07) is 9.19. The molecule has 0 heterocycles. The molecule has 108 valence electrons. The maximum atomic E-state index is 8.97. The number of nitrogens with one attached hydrogen (secondary N) is 1. The molecule has 0 aliphatic carbocycles. The highest BCUT2D eigenvalue weighted by molar-refractivity contribution is 5.48. The number of hydrogen-bond donors (Lipinski definition) is 2. The van der Waals surface area contributed by atoms with Gasteiger partial charge in [-0.3, -0.25) is 0 Å². The molecule has 0 aliphatic rings. The molecule has 0 spiro atoms. The molecule has 1 aromatic rings. The van der Waals surface area contributed by atoms with Crippen LogP contribution in [0.25, 0.3) is 0 Å². The summed E-state index contributed by atoms with van der Waals surface area (Å²) in [6.07, 6.45) is 1.98. The molecule has 1 aromatic carbocycles. The monoisotopic (exact) mass is 264 g/mol. The van der Waals surface area contributed by atoms with Crippen molar-refractivity contribution in [1.29, 1.82) is 0 Å². The summed E-state index contributed by atoms with van der Waals surface area (Å²) < 4.78 is 0. The summed E-state index contributed by atoms with van der Waals surface area (Å²) in [6.45, 7) is 9.71. The van der Waals surface area contributed by atoms with Gasteiger partial charge in [0, 0.05) is 31.4 Å². The van der Waals surface area contributed by atoms with Gasteiger partial charge in [0.05, 0.1) is 0 Å². The lowest BCUT2D eigenvalue weighted by Gasteiger charge is -2.29. The minimum atomic E-state index is 0.252. The average molecular weight is 264 g/mol. The quantitative estimate of drug-likeness (QED) is 0.673. The highest BCUT2D eigenvalue weighted by Crippen LogP contribution is 2.18. The van der Waals surface area contributed by atoms with E-state index in [9.17, 15) is 0 Å². The van der Waals surface area contributed by atoms with E-state index in [1.807, 2.05) is 0 Å². The van der Waals surface area contributed by atoms with Crippen molar-refractivity contribution in [2.24, 2.45) is 0 Å². The molecular weight excluding hydrogens is 236 g/mol. The van der Waals surface area contributed by atoms with E-state index in [0.29, 0.717) is 6.04 Å². The number of rotatable bonds is 9. The van der Waals surface area contributed by atoms with Gasteiger partial charge in [-0.1, -0.05) is 19.1 Å². The second kappa shape index (κ2) is 8.94. The maximum Gasteiger partial charge on any atom is 0.0447 e. The Morgan fingerprint density at radius 3 is 2.42 bits per heavy atom. The molecule has 0 fully saturated rings. The lowest BCUT2D eigenvalue weighted by atomic mass is 10.1. The fraction of sp³-hybridized carbons (Fsp3) is 0.625. The molecule has 3 heteroatoms. The first-order valence-electron chi connectivity index (χ1n) is 7.36. The summed E-state index contributed by atoms with van der Waals surface area (Å²) in [5, 5.41) is 12.4. The van der Waals surface area contributed by atoms with Gasteiger partial charge in [-0.15, -0.1) is 0 Å². The zero-order valence-electron chi connectivity index (χ0n) is 12.5. The van der Waals surface area contributed by atoms with Crippen LogP contribution in [0.4, 0.5) is 5.69 Å². The van der Waals surface area contributed by atoms with Gasteiger partial charge in [-0.2, -0.15) is 0 Å². The fourth-order valence-electron chi connectivity index (χ4n) is 2.14. The van der Waals surface area contributed by atoms with Crippen LogP contribution in [0.2, 0.25) is 0 Å². The van der Waals surface area contributed by atoms with E-state index in [1.165, 1.54) is 17.7 Å². The number of aliphatic hydroxyl groups excluding tert-OH is 1. The first-order valence-corrected chi connectivity index (χ1v) is 7.36. The molecular formula is C16H28N2O. The van der Waals surface area contributed by atoms with Gasteiger partial charge in [0.1, 0.15) is 0 Å². The molecule has 0 amide bonds. The van der Waals surface area contributed by atoms with Gasteiger partial charge in [0.15, 0.2) is 0 Å². The number of anilines is 1. The molecule has 0 aliphatic heterocycles. The molecule has 0 saturated heterocycles. The standard InChI is InChI=1S/C16H28N2O/c1-4-10-17-13-15-6-8-16(9-7-15)18(14(2)3)11-5-12-19/h6-9,14,17,19H,4-5,10-13H2,1-3H3. The van der Waals surface area contributed by atoms with Crippen molar-refractivity contribution in [2.75, 3.05) is 24.6 Å². The van der Waals surface area contributed by atoms with Crippen molar-refractivity contribution in [1.82, 2.24) is 5.32 Å². The second-order valence-corrected chi connectivity index (χ2v) is 5.21. The Morgan fingerprint density at radius 2 is 1.89 bits per heavy atom. The lowest BCUT2D eigenvalue weighted by Crippen LogP contribution is -2.32. The normalized spacial score (nSPS) is 11.0. The van der Waals surface area contributed by atoms with Crippen LogP contribution >= 0.6 is 0 Å². The summed E-state index contributed by atoms with van der Waals surface area (Å²) in [4.78, 5) is 2.33. The molecule has 2 N–H and O–H groups in total. The molecule has 0 unspecified atom stereocenters. The molecule has 3 nitrogen and oxygen atoms in total. The molecule has 0 bridgehead atoms. The molecule has 0 aromatic heterocycles. The number of benzene rings is 1. The third kappa shape index (κ3) is 5.62. The summed E-state index contributed by atoms with van der Waals surface area (Å²) in [7, 11) is 0. The van der Waals surface area contributed by atoms with Gasteiger partial charge < -0.3 is 15.3 Å². The molecule has 0 saturated carbocycles. The van der Waals surface area contributed by atoms with Gasteiger partial charge in [0.2, 0.25) is 0 Å². The molecule has 19 heavy (non-hydrogen) atoms. The van der Waals surface area contributed by atoms with E-state index in [2.05, 4.69) is 55.3 Å². The van der Waals surface area contributed by atoms with Crippen LogP contribution in [-0.4, -0.2) is 30.8 Å². The smallest absolute Gasteiger partial charge is 0.0447 e. The Balaban J connectivity index is 2.61. The summed E-state index contributed by atoms with van der Waals surface area (Å²) >= 11 is 0. The molecule has 1 rings (SSSR count). The highest BCUT2D eigenvalue weighted by atomic mass is 16.3. The first-order chi connectivity index (χ1) is 9.19. The Kier molecular flexibility index (Phi) is 7.53. The van der Waals surface area contributed by atoms with Crippen LogP contribution in [0, 0.1) is 0 Å². The zero-order valence-corrected chi connectivity index (χ0v) is 12.5. The van der Waals surface area contributed by atoms with Crippen molar-refractivity contribution in [3.05, 3.63) is 29.8 Å². The van der Waals surface area contributed by atoms with E-state index in [4.69, 9.17) is 5.11 Å². The van der Waals surface area contributed by atoms with E-state index < -0.39 is 0 Å². The lowest BCUT2D eigenvalue weighted by molar-refractivity contribution is 0.288. The minimum Gasteiger partial charge on any atom is -0.396 e. The third-order valence-electron chi connectivity index (χ3n) is 3.20. The second-order valence-electron chi connectivity index (χ2n) is 5.21. The van der Waals surface area contributed by atoms with Crippen molar-refractivity contribution in [2.45, 2.75) is 46.2 Å². The maximum absolute atomic E-state index is 8.97. The van der Waals surface area contributed by atoms with Gasteiger partial charge >= 0.3 is 0 Å². The summed E-state index contributed by atoms with van der Waals surface area (Å²) in [5.41, 5.74) is 2.56. The Hall–Kier alpha value is -1.06. The molecule has 0 radical (unpaired) electrons. The number of nitrogens with zero attached hydrogens (tertiary/aromatic N) is 1. The fourth-order valence-corrected chi connectivity index (χ4v) is 2.14. The van der Waals surface area contributed by atoms with Crippen molar-refractivity contribution in [3.63, 3.8) is 0 Å². The minimum absolute atomic E-state index is 0.252. The van der Waals surface area contributed by atoms with Crippen LogP contribution in [-0.2, 0) is 6.54 Å². The Labute approximate surface area is 117 Å². The topological polar surface area (TPSA) is 35.5 Å². The van der Waals surface area contributed by atoms with Crippen LogP contribution in [0.15, 0.2) is 24.3 Å². The summed E-state index contributed by atoms with van der Waals surface area (Å²) in [5.74, 6) is 0. The van der Waals surface area contributed by atoms with E-state index in [1.54, 1.807) is 0 Å². The average Bonchev–Trinajstić information content (AvgIpc) is 2.41. The van der Waals surface area contributed by atoms with E-state index in [0.717, 1.165) is 26.1 Å². The van der Waals surface area contributed by atoms with Gasteiger partial charge in [-0.05, 0) is 50.9 Å². The number of aliphatic hydroxyl groups is 1. The number of hydrogen-bond acceptors (Lipinski definition) is 3. The van der Waals surface area contributed by atoms with Crippen LogP contribution < -0.4 is 10.2 Å². The molecule has 0 atom stereocenters.